The van der Waals surface area contributed by atoms with Gasteiger partial charge >= 0.3 is 0 Å². The molecule has 0 bridgehead atoms. The summed E-state index contributed by atoms with van der Waals surface area (Å²) < 4.78 is 0. The van der Waals surface area contributed by atoms with E-state index in [1.54, 1.807) is 0 Å². The Morgan fingerprint density at radius 1 is 1.19 bits per heavy atom. The van der Waals surface area contributed by atoms with Gasteiger partial charge in [-0.25, -0.2) is 0 Å². The monoisotopic (exact) mass is 220 g/mol. The summed E-state index contributed by atoms with van der Waals surface area (Å²) in [6.07, 6.45) is 4.89. The van der Waals surface area contributed by atoms with Crippen LogP contribution in [-0.2, 0) is 5.41 Å². The minimum Gasteiger partial charge on any atom is -0.508 e. The molecular weight excluding hydrogens is 196 g/mol. The Morgan fingerprint density at radius 2 is 1.88 bits per heavy atom. The van der Waals surface area contributed by atoms with Gasteiger partial charge < -0.3 is 5.11 Å². The number of aryl methyl sites for hydroxylation is 1. The Bertz CT molecular complexity index is 339. The maximum absolute atomic E-state index is 9.93. The predicted octanol–water partition coefficient (Wildman–Crippen LogP) is 4.56. The van der Waals surface area contributed by atoms with Crippen molar-refractivity contribution in [2.24, 2.45) is 0 Å². The summed E-state index contributed by atoms with van der Waals surface area (Å²) >= 11 is 0. The van der Waals surface area contributed by atoms with Gasteiger partial charge in [-0.3, -0.25) is 0 Å². The number of rotatable bonds is 5. The van der Waals surface area contributed by atoms with Crippen LogP contribution in [0.2, 0.25) is 0 Å². The molecule has 0 atom stereocenters. The van der Waals surface area contributed by atoms with Gasteiger partial charge in [0.2, 0.25) is 0 Å². The van der Waals surface area contributed by atoms with Gasteiger partial charge in [-0.05, 0) is 30.4 Å². The van der Waals surface area contributed by atoms with E-state index in [-0.39, 0.29) is 5.41 Å². The Kier molecular flexibility index (Phi) is 4.40. The van der Waals surface area contributed by atoms with Crippen molar-refractivity contribution in [2.75, 3.05) is 0 Å². The van der Waals surface area contributed by atoms with E-state index < -0.39 is 0 Å². The molecule has 0 aliphatic heterocycles. The third-order valence-electron chi connectivity index (χ3n) is 3.29. The molecule has 0 aromatic heterocycles. The summed E-state index contributed by atoms with van der Waals surface area (Å²) in [5, 5.41) is 9.93. The number of benzene rings is 1. The number of phenolic OH excluding ortho intramolecular Hbond substituents is 1. The highest BCUT2D eigenvalue weighted by Gasteiger charge is 2.23. The Labute approximate surface area is 99.5 Å². The van der Waals surface area contributed by atoms with Crippen LogP contribution in [-0.4, -0.2) is 5.11 Å². The minimum atomic E-state index is 0.0747. The molecule has 0 spiro atoms. The van der Waals surface area contributed by atoms with Gasteiger partial charge in [0.15, 0.2) is 0 Å². The lowest BCUT2D eigenvalue weighted by molar-refractivity contribution is 0.408. The van der Waals surface area contributed by atoms with Crippen LogP contribution in [0.15, 0.2) is 18.2 Å². The SMILES string of the molecule is CCCCCC(C)(C)c1cc(C)ccc1O. The van der Waals surface area contributed by atoms with Crippen molar-refractivity contribution in [1.82, 2.24) is 0 Å². The highest BCUT2D eigenvalue weighted by Crippen LogP contribution is 2.35. The van der Waals surface area contributed by atoms with Crippen LogP contribution in [0.4, 0.5) is 0 Å². The minimum absolute atomic E-state index is 0.0747. The molecule has 0 fully saturated rings. The van der Waals surface area contributed by atoms with Crippen LogP contribution in [0.5, 0.6) is 5.75 Å². The van der Waals surface area contributed by atoms with E-state index in [0.29, 0.717) is 5.75 Å². The molecule has 0 aliphatic carbocycles. The molecule has 0 radical (unpaired) electrons. The zero-order valence-electron chi connectivity index (χ0n) is 11.0. The third kappa shape index (κ3) is 3.26. The average Bonchev–Trinajstić information content (AvgIpc) is 2.22. The molecule has 1 heteroatoms. The molecule has 0 saturated carbocycles. The molecule has 1 aromatic carbocycles. The molecule has 0 amide bonds. The van der Waals surface area contributed by atoms with E-state index in [1.807, 2.05) is 12.1 Å². The summed E-state index contributed by atoms with van der Waals surface area (Å²) in [6.45, 7) is 8.73. The van der Waals surface area contributed by atoms with Crippen LogP contribution in [0.1, 0.15) is 57.6 Å². The van der Waals surface area contributed by atoms with Crippen LogP contribution < -0.4 is 0 Å². The summed E-state index contributed by atoms with van der Waals surface area (Å²) in [7, 11) is 0. The van der Waals surface area contributed by atoms with Gasteiger partial charge in [-0.15, -0.1) is 0 Å². The van der Waals surface area contributed by atoms with Crippen molar-refractivity contribution < 1.29 is 5.11 Å². The second kappa shape index (κ2) is 5.38. The van der Waals surface area contributed by atoms with Gasteiger partial charge in [-0.1, -0.05) is 57.7 Å². The fraction of sp³-hybridized carbons (Fsp3) is 0.600. The Hall–Kier alpha value is -0.980. The van der Waals surface area contributed by atoms with Crippen molar-refractivity contribution in [3.05, 3.63) is 29.3 Å². The van der Waals surface area contributed by atoms with Crippen LogP contribution >= 0.6 is 0 Å². The quantitative estimate of drug-likeness (QED) is 0.721. The molecule has 1 N–H and O–H groups in total. The second-order valence-corrected chi connectivity index (χ2v) is 5.36. The zero-order chi connectivity index (χ0) is 12.2. The van der Waals surface area contributed by atoms with E-state index in [4.69, 9.17) is 0 Å². The van der Waals surface area contributed by atoms with E-state index in [2.05, 4.69) is 33.8 Å². The van der Waals surface area contributed by atoms with Gasteiger partial charge in [0.1, 0.15) is 5.75 Å². The molecule has 1 aromatic rings. The predicted molar refractivity (Wildman–Crippen MR) is 70.0 cm³/mol. The Morgan fingerprint density at radius 3 is 2.50 bits per heavy atom. The van der Waals surface area contributed by atoms with Gasteiger partial charge in [0.05, 0.1) is 0 Å². The van der Waals surface area contributed by atoms with E-state index >= 15 is 0 Å². The zero-order valence-corrected chi connectivity index (χ0v) is 11.0. The highest BCUT2D eigenvalue weighted by molar-refractivity contribution is 5.40. The normalized spacial score (nSPS) is 11.8. The maximum Gasteiger partial charge on any atom is 0.119 e. The molecule has 16 heavy (non-hydrogen) atoms. The number of hydrogen-bond donors (Lipinski definition) is 1. The molecule has 1 nitrogen and oxygen atoms in total. The van der Waals surface area contributed by atoms with Crippen molar-refractivity contribution in [2.45, 2.75) is 58.8 Å². The third-order valence-corrected chi connectivity index (χ3v) is 3.29. The molecule has 0 saturated heterocycles. The molecule has 90 valence electrons. The Balaban J connectivity index is 2.83. The van der Waals surface area contributed by atoms with Gasteiger partial charge in [0, 0.05) is 0 Å². The summed E-state index contributed by atoms with van der Waals surface area (Å²) in [6, 6.07) is 5.88. The summed E-state index contributed by atoms with van der Waals surface area (Å²) in [5.74, 6) is 0.437. The number of phenols is 1. The van der Waals surface area contributed by atoms with Crippen molar-refractivity contribution >= 4 is 0 Å². The maximum atomic E-state index is 9.93. The average molecular weight is 220 g/mol. The van der Waals surface area contributed by atoms with Crippen LogP contribution in [0, 0.1) is 6.92 Å². The molecule has 0 heterocycles. The smallest absolute Gasteiger partial charge is 0.119 e. The molecular formula is C15H24O. The van der Waals surface area contributed by atoms with Gasteiger partial charge in [0.25, 0.3) is 0 Å². The van der Waals surface area contributed by atoms with Gasteiger partial charge in [-0.2, -0.15) is 0 Å². The van der Waals surface area contributed by atoms with E-state index in [0.717, 1.165) is 12.0 Å². The lowest BCUT2D eigenvalue weighted by Gasteiger charge is -2.26. The fourth-order valence-electron chi connectivity index (χ4n) is 2.14. The number of aromatic hydroxyl groups is 1. The van der Waals surface area contributed by atoms with Crippen molar-refractivity contribution in [3.63, 3.8) is 0 Å². The summed E-state index contributed by atoms with van der Waals surface area (Å²) in [4.78, 5) is 0. The largest absolute Gasteiger partial charge is 0.508 e. The van der Waals surface area contributed by atoms with E-state index in [9.17, 15) is 5.11 Å². The first kappa shape index (κ1) is 13.1. The highest BCUT2D eigenvalue weighted by atomic mass is 16.3. The first-order valence-electron chi connectivity index (χ1n) is 6.27. The standard InChI is InChI=1S/C15H24O/c1-5-6-7-10-15(3,4)13-11-12(2)8-9-14(13)16/h8-9,11,16H,5-7,10H2,1-4H3. The summed E-state index contributed by atoms with van der Waals surface area (Å²) in [5.41, 5.74) is 2.38. The lowest BCUT2D eigenvalue weighted by Crippen LogP contribution is -2.17. The first-order valence-corrected chi connectivity index (χ1v) is 6.27. The van der Waals surface area contributed by atoms with Crippen LogP contribution in [0.3, 0.4) is 0 Å². The van der Waals surface area contributed by atoms with E-state index in [1.165, 1.54) is 24.8 Å². The number of hydrogen-bond acceptors (Lipinski definition) is 1. The number of unbranched alkanes of at least 4 members (excludes halogenated alkanes) is 2. The molecule has 1 rings (SSSR count). The van der Waals surface area contributed by atoms with Crippen LogP contribution in [0.25, 0.3) is 0 Å². The second-order valence-electron chi connectivity index (χ2n) is 5.36. The molecule has 0 aliphatic rings. The lowest BCUT2D eigenvalue weighted by atomic mass is 9.79. The topological polar surface area (TPSA) is 20.2 Å². The fourth-order valence-corrected chi connectivity index (χ4v) is 2.14. The first-order chi connectivity index (χ1) is 7.47. The van der Waals surface area contributed by atoms with Crippen molar-refractivity contribution in [1.29, 1.82) is 0 Å². The van der Waals surface area contributed by atoms with Crippen molar-refractivity contribution in [3.8, 4) is 5.75 Å². The molecule has 0 unspecified atom stereocenters.